The lowest BCUT2D eigenvalue weighted by molar-refractivity contribution is 1.18. The molecule has 0 spiro atoms. The minimum Gasteiger partial charge on any atom is -0.309 e. The first-order valence-electron chi connectivity index (χ1n) is 12.9. The van der Waals surface area contributed by atoms with Gasteiger partial charge in [0.05, 0.1) is 27.8 Å². The van der Waals surface area contributed by atoms with Crippen molar-refractivity contribution in [1.29, 1.82) is 0 Å². The van der Waals surface area contributed by atoms with Crippen molar-refractivity contribution in [3.05, 3.63) is 146 Å². The molecule has 0 aliphatic carbocycles. The predicted octanol–water partition coefficient (Wildman–Crippen LogP) is 9.15. The maximum atomic E-state index is 3.45. The Hall–Kier alpha value is -5.26. The standard InChI is InChI=1S/C36H22N2/c1-5-13-33-29(9-1)30-10-2-6-14-34(30)37(33)27-21-17-25(18-22-27)26-19-23-28(24-20-26)38-35-15-7-3-11-31(35)32-12-4-8-16-36(32)38/h1-19,21-23H. The van der Waals surface area contributed by atoms with Crippen LogP contribution in [0.25, 0.3) is 66.1 Å². The normalized spacial score (nSPS) is 11.5. The Bertz CT molecular complexity index is 1840. The zero-order valence-corrected chi connectivity index (χ0v) is 20.6. The van der Waals surface area contributed by atoms with Gasteiger partial charge in [0.1, 0.15) is 0 Å². The molecule has 0 bridgehead atoms. The molecule has 0 aliphatic heterocycles. The molecule has 6 aromatic carbocycles. The van der Waals surface area contributed by atoms with Crippen molar-refractivity contribution in [3.8, 4) is 22.5 Å². The largest absolute Gasteiger partial charge is 0.309 e. The zero-order valence-electron chi connectivity index (χ0n) is 20.6. The third kappa shape index (κ3) is 3.03. The maximum absolute atomic E-state index is 3.45. The fourth-order valence-corrected chi connectivity index (χ4v) is 5.85. The molecule has 2 heterocycles. The lowest BCUT2D eigenvalue weighted by atomic mass is 10.1. The molecule has 2 aromatic heterocycles. The van der Waals surface area contributed by atoms with Gasteiger partial charge in [0, 0.05) is 32.8 Å². The van der Waals surface area contributed by atoms with E-state index in [0.29, 0.717) is 0 Å². The van der Waals surface area contributed by atoms with E-state index in [2.05, 4.69) is 155 Å². The lowest BCUT2D eigenvalue weighted by Gasteiger charge is -2.09. The Morgan fingerprint density at radius 3 is 1.26 bits per heavy atom. The Morgan fingerprint density at radius 2 is 0.816 bits per heavy atom. The van der Waals surface area contributed by atoms with E-state index in [9.17, 15) is 0 Å². The summed E-state index contributed by atoms with van der Waals surface area (Å²) >= 11 is 0. The van der Waals surface area contributed by atoms with Gasteiger partial charge in [0.25, 0.3) is 0 Å². The fraction of sp³-hybridized carbons (Fsp3) is 0. The second kappa shape index (κ2) is 8.13. The highest BCUT2D eigenvalue weighted by atomic mass is 15.0. The van der Waals surface area contributed by atoms with Crippen LogP contribution in [0.4, 0.5) is 0 Å². The molecule has 0 unspecified atom stereocenters. The SMILES string of the molecule is c1c(-c2ccc(-n3c4ccccc4c4ccccc43)cc2)ccc(-n2c3ccccc3c3ccccc32)c#1. The zero-order chi connectivity index (χ0) is 25.1. The van der Waals surface area contributed by atoms with Crippen LogP contribution in [0.1, 0.15) is 0 Å². The van der Waals surface area contributed by atoms with Gasteiger partial charge in [-0.1, -0.05) is 91.0 Å². The van der Waals surface area contributed by atoms with E-state index in [1.165, 1.54) is 43.6 Å². The van der Waals surface area contributed by atoms with Crippen molar-refractivity contribution in [2.75, 3.05) is 0 Å². The van der Waals surface area contributed by atoms with Gasteiger partial charge >= 0.3 is 0 Å². The van der Waals surface area contributed by atoms with Gasteiger partial charge in [-0.15, -0.1) is 0 Å². The molecule has 0 saturated carbocycles. The maximum Gasteiger partial charge on any atom is 0.0974 e. The molecule has 2 heteroatoms. The van der Waals surface area contributed by atoms with Crippen LogP contribution in [0.5, 0.6) is 0 Å². The molecule has 2 nitrogen and oxygen atoms in total. The molecule has 0 N–H and O–H groups in total. The number of fused-ring (bicyclic) bond motifs is 6. The van der Waals surface area contributed by atoms with E-state index in [1.807, 2.05) is 0 Å². The van der Waals surface area contributed by atoms with Gasteiger partial charge in [0.2, 0.25) is 0 Å². The molecule has 176 valence electrons. The summed E-state index contributed by atoms with van der Waals surface area (Å²) in [6.07, 6.45) is 0. The number of hydrogen-bond acceptors (Lipinski definition) is 0. The van der Waals surface area contributed by atoms with Gasteiger partial charge in [-0.2, -0.15) is 0 Å². The van der Waals surface area contributed by atoms with Crippen LogP contribution in [-0.4, -0.2) is 9.13 Å². The van der Waals surface area contributed by atoms with Crippen LogP contribution < -0.4 is 0 Å². The minimum atomic E-state index is 0.994. The van der Waals surface area contributed by atoms with Gasteiger partial charge in [-0.05, 0) is 60.2 Å². The van der Waals surface area contributed by atoms with Gasteiger partial charge in [-0.3, -0.25) is 0 Å². The van der Waals surface area contributed by atoms with E-state index in [4.69, 9.17) is 0 Å². The molecule has 8 rings (SSSR count). The van der Waals surface area contributed by atoms with Gasteiger partial charge in [0.15, 0.2) is 0 Å². The predicted molar refractivity (Wildman–Crippen MR) is 158 cm³/mol. The van der Waals surface area contributed by atoms with Crippen molar-refractivity contribution in [2.45, 2.75) is 0 Å². The summed E-state index contributed by atoms with van der Waals surface area (Å²) in [5, 5.41) is 5.05. The lowest BCUT2D eigenvalue weighted by Crippen LogP contribution is -1.94. The van der Waals surface area contributed by atoms with E-state index >= 15 is 0 Å². The molecule has 38 heavy (non-hydrogen) atoms. The monoisotopic (exact) mass is 482 g/mol. The summed E-state index contributed by atoms with van der Waals surface area (Å²) < 4.78 is 4.62. The Labute approximate surface area is 220 Å². The summed E-state index contributed by atoms with van der Waals surface area (Å²) in [5.41, 5.74) is 9.10. The van der Waals surface area contributed by atoms with Crippen molar-refractivity contribution < 1.29 is 0 Å². The molecule has 0 aliphatic rings. The van der Waals surface area contributed by atoms with Crippen LogP contribution >= 0.6 is 0 Å². The number of aromatic nitrogens is 2. The third-order valence-corrected chi connectivity index (χ3v) is 7.57. The van der Waals surface area contributed by atoms with Crippen molar-refractivity contribution >= 4 is 43.6 Å². The topological polar surface area (TPSA) is 9.86 Å². The first kappa shape index (κ1) is 20.9. The average molecular weight is 483 g/mol. The summed E-state index contributed by atoms with van der Waals surface area (Å²) in [6, 6.07) is 54.2. The van der Waals surface area contributed by atoms with Gasteiger partial charge < -0.3 is 9.13 Å². The summed E-state index contributed by atoms with van der Waals surface area (Å²) in [5.74, 6) is 0. The van der Waals surface area contributed by atoms with E-state index in [0.717, 1.165) is 22.5 Å². The molecular formula is C36H22N2. The van der Waals surface area contributed by atoms with Crippen molar-refractivity contribution in [3.63, 3.8) is 0 Å². The number of benzene rings is 5. The summed E-state index contributed by atoms with van der Waals surface area (Å²) in [7, 11) is 0. The van der Waals surface area contributed by atoms with Crippen LogP contribution in [0.2, 0.25) is 0 Å². The van der Waals surface area contributed by atoms with E-state index in [-0.39, 0.29) is 0 Å². The Morgan fingerprint density at radius 1 is 0.368 bits per heavy atom. The average Bonchev–Trinajstić information content (AvgIpc) is 3.51. The summed E-state index contributed by atoms with van der Waals surface area (Å²) in [6.45, 7) is 0. The third-order valence-electron chi connectivity index (χ3n) is 7.57. The second-order valence-electron chi connectivity index (χ2n) is 9.67. The molecule has 0 fully saturated rings. The quantitative estimate of drug-likeness (QED) is 0.238. The molecular weight excluding hydrogens is 460 g/mol. The minimum absolute atomic E-state index is 0.994. The van der Waals surface area contributed by atoms with E-state index < -0.39 is 0 Å². The molecule has 8 aromatic rings. The molecule has 0 amide bonds. The molecule has 0 saturated heterocycles. The summed E-state index contributed by atoms with van der Waals surface area (Å²) in [4.78, 5) is 0. The number of para-hydroxylation sites is 4. The highest BCUT2D eigenvalue weighted by Crippen LogP contribution is 2.33. The first-order chi connectivity index (χ1) is 18.9. The van der Waals surface area contributed by atoms with Gasteiger partial charge in [-0.25, -0.2) is 0 Å². The first-order valence-corrected chi connectivity index (χ1v) is 12.9. The highest BCUT2D eigenvalue weighted by Gasteiger charge is 2.13. The molecule has 0 radical (unpaired) electrons. The molecule has 0 atom stereocenters. The van der Waals surface area contributed by atoms with Crippen LogP contribution in [0, 0.1) is 12.1 Å². The Balaban J connectivity index is 1.20. The number of rotatable bonds is 3. The Kier molecular flexibility index (Phi) is 4.47. The van der Waals surface area contributed by atoms with Crippen LogP contribution in [0.15, 0.2) is 133 Å². The van der Waals surface area contributed by atoms with E-state index in [1.54, 1.807) is 0 Å². The fourth-order valence-electron chi connectivity index (χ4n) is 5.85. The number of hydrogen-bond donors (Lipinski definition) is 0. The second-order valence-corrected chi connectivity index (χ2v) is 9.67. The smallest absolute Gasteiger partial charge is 0.0974 e. The van der Waals surface area contributed by atoms with Crippen LogP contribution in [-0.2, 0) is 0 Å². The number of nitrogens with zero attached hydrogens (tertiary/aromatic N) is 2. The van der Waals surface area contributed by atoms with Crippen LogP contribution in [0.3, 0.4) is 0 Å². The van der Waals surface area contributed by atoms with Crippen molar-refractivity contribution in [1.82, 2.24) is 9.13 Å². The highest BCUT2D eigenvalue weighted by molar-refractivity contribution is 6.10. The van der Waals surface area contributed by atoms with Crippen molar-refractivity contribution in [2.24, 2.45) is 0 Å².